The van der Waals surface area contributed by atoms with Gasteiger partial charge in [0.1, 0.15) is 18.5 Å². The lowest BCUT2D eigenvalue weighted by molar-refractivity contribution is 0.0250. The molecule has 2 unspecified atom stereocenters. The highest BCUT2D eigenvalue weighted by molar-refractivity contribution is 7.18. The SMILES string of the molecule is Cc1nc2cc(OCC(O)CN3CCN(Cc4cc(-c5ccc(Cl)c(Cl)c5)on4)C(C)C3)ccc2s1. The number of rotatable bonds is 8. The average Bonchev–Trinajstić information content (AvgIpc) is 3.46. The summed E-state index contributed by atoms with van der Waals surface area (Å²) in [7, 11) is 0. The number of hydrogen-bond acceptors (Lipinski definition) is 8. The number of β-amino-alcohol motifs (C(OH)–C–C–N with tert-alkyl or cyclic N) is 1. The van der Waals surface area contributed by atoms with E-state index < -0.39 is 6.10 Å². The topological polar surface area (TPSA) is 74.9 Å². The van der Waals surface area contributed by atoms with Crippen LogP contribution in [0.15, 0.2) is 47.0 Å². The average molecular weight is 548 g/mol. The van der Waals surface area contributed by atoms with Gasteiger partial charge in [-0.25, -0.2) is 4.98 Å². The van der Waals surface area contributed by atoms with E-state index in [-0.39, 0.29) is 6.61 Å². The minimum atomic E-state index is -0.569. The van der Waals surface area contributed by atoms with Crippen LogP contribution in [0, 0.1) is 6.92 Å². The van der Waals surface area contributed by atoms with Crippen molar-refractivity contribution in [2.24, 2.45) is 0 Å². The number of hydrogen-bond donors (Lipinski definition) is 1. The summed E-state index contributed by atoms with van der Waals surface area (Å²) in [4.78, 5) is 9.17. The Morgan fingerprint density at radius 2 is 2.03 bits per heavy atom. The molecule has 1 aliphatic heterocycles. The third-order valence-electron chi connectivity index (χ3n) is 6.35. The summed E-state index contributed by atoms with van der Waals surface area (Å²) in [6, 6.07) is 13.5. The van der Waals surface area contributed by atoms with E-state index in [4.69, 9.17) is 32.5 Å². The third kappa shape index (κ3) is 6.02. The van der Waals surface area contributed by atoms with Crippen molar-refractivity contribution >= 4 is 44.8 Å². The molecule has 2 aromatic carbocycles. The quantitative estimate of drug-likeness (QED) is 0.312. The van der Waals surface area contributed by atoms with Gasteiger partial charge in [-0.3, -0.25) is 9.80 Å². The van der Waals surface area contributed by atoms with Gasteiger partial charge in [-0.1, -0.05) is 28.4 Å². The second kappa shape index (κ2) is 11.0. The Balaban J connectivity index is 1.10. The molecule has 5 rings (SSSR count). The van der Waals surface area contributed by atoms with E-state index in [2.05, 4.69) is 26.9 Å². The molecule has 0 aliphatic carbocycles. The molecule has 1 aliphatic rings. The number of aliphatic hydroxyl groups is 1. The molecule has 0 radical (unpaired) electrons. The van der Waals surface area contributed by atoms with E-state index in [1.54, 1.807) is 23.5 Å². The van der Waals surface area contributed by atoms with Crippen molar-refractivity contribution < 1.29 is 14.4 Å². The van der Waals surface area contributed by atoms with E-state index in [0.717, 1.165) is 51.9 Å². The van der Waals surface area contributed by atoms with Crippen molar-refractivity contribution in [2.45, 2.75) is 32.5 Å². The van der Waals surface area contributed by atoms with Crippen LogP contribution in [0.3, 0.4) is 0 Å². The molecular formula is C26H28Cl2N4O3S. The van der Waals surface area contributed by atoms with Gasteiger partial charge in [-0.05, 0) is 44.2 Å². The zero-order valence-corrected chi connectivity index (χ0v) is 22.5. The van der Waals surface area contributed by atoms with Crippen molar-refractivity contribution in [3.8, 4) is 17.1 Å². The number of aliphatic hydroxyl groups excluding tert-OH is 1. The normalized spacial score (nSPS) is 18.1. The molecule has 7 nitrogen and oxygen atoms in total. The van der Waals surface area contributed by atoms with Gasteiger partial charge in [0.25, 0.3) is 0 Å². The minimum absolute atomic E-state index is 0.250. The summed E-state index contributed by atoms with van der Waals surface area (Å²) in [5.41, 5.74) is 2.65. The minimum Gasteiger partial charge on any atom is -0.491 e. The maximum absolute atomic E-state index is 10.6. The summed E-state index contributed by atoms with van der Waals surface area (Å²) >= 11 is 13.8. The van der Waals surface area contributed by atoms with Crippen molar-refractivity contribution in [3.63, 3.8) is 0 Å². The first kappa shape index (κ1) is 25.4. The molecule has 0 amide bonds. The summed E-state index contributed by atoms with van der Waals surface area (Å²) in [6.07, 6.45) is -0.569. The zero-order valence-electron chi connectivity index (χ0n) is 20.2. The molecule has 1 fully saturated rings. The summed E-state index contributed by atoms with van der Waals surface area (Å²) in [5.74, 6) is 1.40. The fraction of sp³-hybridized carbons (Fsp3) is 0.385. The number of thiazole rings is 1. The van der Waals surface area contributed by atoms with E-state index in [1.807, 2.05) is 37.3 Å². The first-order valence-corrected chi connectivity index (χ1v) is 13.5. The van der Waals surface area contributed by atoms with Crippen LogP contribution in [0.1, 0.15) is 17.6 Å². The number of aryl methyl sites for hydroxylation is 1. The Morgan fingerprint density at radius 3 is 2.83 bits per heavy atom. The highest BCUT2D eigenvalue weighted by Crippen LogP contribution is 2.29. The molecule has 4 aromatic rings. The molecule has 3 heterocycles. The number of fused-ring (bicyclic) bond motifs is 1. The van der Waals surface area contributed by atoms with Crippen LogP contribution in [0.5, 0.6) is 5.75 Å². The smallest absolute Gasteiger partial charge is 0.167 e. The van der Waals surface area contributed by atoms with Gasteiger partial charge >= 0.3 is 0 Å². The van der Waals surface area contributed by atoms with Crippen molar-refractivity contribution in [1.29, 1.82) is 0 Å². The number of ether oxygens (including phenoxy) is 1. The standard InChI is InChI=1S/C26H28Cl2N4O3S/c1-16-12-31(14-20(33)15-34-21-4-6-26-24(11-21)29-17(2)36-26)7-8-32(16)13-19-10-25(35-30-19)18-3-5-22(27)23(28)9-18/h3-6,9-11,16,20,33H,7-8,12-15H2,1-2H3. The lowest BCUT2D eigenvalue weighted by atomic mass is 10.1. The lowest BCUT2D eigenvalue weighted by Gasteiger charge is -2.40. The summed E-state index contributed by atoms with van der Waals surface area (Å²) in [5, 5.41) is 16.9. The summed E-state index contributed by atoms with van der Waals surface area (Å²) < 4.78 is 12.5. The van der Waals surface area contributed by atoms with Gasteiger partial charge in [0.2, 0.25) is 0 Å². The highest BCUT2D eigenvalue weighted by Gasteiger charge is 2.26. The molecule has 2 aromatic heterocycles. The second-order valence-corrected chi connectivity index (χ2v) is 11.3. The Hall–Kier alpha value is -2.20. The molecule has 10 heteroatoms. The molecule has 36 heavy (non-hydrogen) atoms. The fourth-order valence-electron chi connectivity index (χ4n) is 4.51. The predicted molar refractivity (Wildman–Crippen MR) is 144 cm³/mol. The molecule has 0 spiro atoms. The molecule has 1 saturated heterocycles. The van der Waals surface area contributed by atoms with Gasteiger partial charge in [-0.15, -0.1) is 11.3 Å². The second-order valence-electron chi connectivity index (χ2n) is 9.22. The molecule has 2 atom stereocenters. The monoisotopic (exact) mass is 546 g/mol. The highest BCUT2D eigenvalue weighted by atomic mass is 35.5. The Kier molecular flexibility index (Phi) is 7.81. The molecule has 1 N–H and O–H groups in total. The van der Waals surface area contributed by atoms with Gasteiger partial charge in [0.15, 0.2) is 5.76 Å². The van der Waals surface area contributed by atoms with Gasteiger partial charge in [0, 0.05) is 56.5 Å². The Morgan fingerprint density at radius 1 is 1.17 bits per heavy atom. The Bertz CT molecular complexity index is 1340. The lowest BCUT2D eigenvalue weighted by Crippen LogP contribution is -2.53. The van der Waals surface area contributed by atoms with Crippen LogP contribution in [-0.2, 0) is 6.54 Å². The number of aromatic nitrogens is 2. The van der Waals surface area contributed by atoms with Crippen molar-refractivity contribution in [1.82, 2.24) is 19.9 Å². The number of nitrogens with zero attached hydrogens (tertiary/aromatic N) is 4. The van der Waals surface area contributed by atoms with Crippen LogP contribution in [0.4, 0.5) is 0 Å². The molecule has 190 valence electrons. The van der Waals surface area contributed by atoms with Crippen LogP contribution in [-0.4, -0.2) is 70.0 Å². The van der Waals surface area contributed by atoms with E-state index >= 15 is 0 Å². The zero-order chi connectivity index (χ0) is 25.2. The van der Waals surface area contributed by atoms with E-state index in [0.29, 0.717) is 34.9 Å². The van der Waals surface area contributed by atoms with Crippen LogP contribution in [0.2, 0.25) is 10.0 Å². The fourth-order valence-corrected chi connectivity index (χ4v) is 5.61. The third-order valence-corrected chi connectivity index (χ3v) is 8.05. The van der Waals surface area contributed by atoms with Crippen molar-refractivity contribution in [3.05, 3.63) is 63.2 Å². The van der Waals surface area contributed by atoms with Crippen LogP contribution < -0.4 is 4.74 Å². The van der Waals surface area contributed by atoms with Gasteiger partial charge < -0.3 is 14.4 Å². The molecular weight excluding hydrogens is 519 g/mol. The van der Waals surface area contributed by atoms with Gasteiger partial charge in [0.05, 0.1) is 31.0 Å². The number of halogens is 2. The number of benzene rings is 2. The van der Waals surface area contributed by atoms with Gasteiger partial charge in [-0.2, -0.15) is 0 Å². The first-order chi connectivity index (χ1) is 17.3. The Labute approximate surface area is 224 Å². The summed E-state index contributed by atoms with van der Waals surface area (Å²) in [6.45, 7) is 8.31. The predicted octanol–water partition coefficient (Wildman–Crippen LogP) is 5.51. The number of piperazine rings is 1. The largest absolute Gasteiger partial charge is 0.491 e. The van der Waals surface area contributed by atoms with E-state index in [9.17, 15) is 5.11 Å². The van der Waals surface area contributed by atoms with Crippen LogP contribution in [0.25, 0.3) is 21.5 Å². The maximum Gasteiger partial charge on any atom is 0.167 e. The first-order valence-electron chi connectivity index (χ1n) is 11.9. The van der Waals surface area contributed by atoms with E-state index in [1.165, 1.54) is 0 Å². The van der Waals surface area contributed by atoms with Crippen LogP contribution >= 0.6 is 34.5 Å². The maximum atomic E-state index is 10.6. The molecule has 0 bridgehead atoms. The van der Waals surface area contributed by atoms with Crippen molar-refractivity contribution in [2.75, 3.05) is 32.8 Å². The molecule has 0 saturated carbocycles.